The molecule has 3 unspecified atom stereocenters. The molecule has 6 nitrogen and oxygen atoms in total. The van der Waals surface area contributed by atoms with Gasteiger partial charge in [0.2, 0.25) is 5.91 Å². The Balaban J connectivity index is 4.66. The van der Waals surface area contributed by atoms with Crippen LogP contribution in [0.1, 0.15) is 258 Å². The fourth-order valence-electron chi connectivity index (χ4n) is 7.81. The average molecular weight is 868 g/mol. The predicted molar refractivity (Wildman–Crippen MR) is 268 cm³/mol. The van der Waals surface area contributed by atoms with Gasteiger partial charge in [-0.05, 0) is 83.5 Å². The number of hydrogen-bond donors (Lipinski definition) is 3. The summed E-state index contributed by atoms with van der Waals surface area (Å²) >= 11 is 0. The number of rotatable bonds is 47. The van der Waals surface area contributed by atoms with E-state index in [-0.39, 0.29) is 24.9 Å². The topological polar surface area (TPSA) is 95.9 Å². The molecule has 360 valence electrons. The maximum absolute atomic E-state index is 13.2. The summed E-state index contributed by atoms with van der Waals surface area (Å²) in [7, 11) is 0. The van der Waals surface area contributed by atoms with Crippen molar-refractivity contribution in [3.8, 4) is 0 Å². The maximum Gasteiger partial charge on any atom is 0.306 e. The number of nitrogens with one attached hydrogen (secondary N) is 1. The second-order valence-corrected chi connectivity index (χ2v) is 18.0. The maximum atomic E-state index is 13.2. The molecule has 0 saturated heterocycles. The number of hydrogen-bond acceptors (Lipinski definition) is 5. The lowest BCUT2D eigenvalue weighted by Gasteiger charge is -2.24. The van der Waals surface area contributed by atoms with Crippen LogP contribution in [0.25, 0.3) is 0 Å². The van der Waals surface area contributed by atoms with Gasteiger partial charge in [-0.1, -0.05) is 223 Å². The number of ether oxygens (including phenoxy) is 1. The number of carbonyl (C=O) groups excluding carboxylic acids is 2. The zero-order valence-electron chi connectivity index (χ0n) is 41.0. The first-order chi connectivity index (χ1) is 30.5. The first-order valence-electron chi connectivity index (χ1n) is 26.5. The zero-order valence-corrected chi connectivity index (χ0v) is 41.0. The Kier molecular flexibility index (Phi) is 47.6. The molecule has 0 fully saturated rings. The molecule has 62 heavy (non-hydrogen) atoms. The lowest BCUT2D eigenvalue weighted by atomic mass is 10.0. The average Bonchev–Trinajstić information content (AvgIpc) is 3.26. The van der Waals surface area contributed by atoms with Gasteiger partial charge in [0.1, 0.15) is 6.10 Å². The van der Waals surface area contributed by atoms with Crippen molar-refractivity contribution in [2.45, 2.75) is 277 Å². The van der Waals surface area contributed by atoms with E-state index in [1.807, 2.05) is 0 Å². The van der Waals surface area contributed by atoms with Crippen LogP contribution in [-0.2, 0) is 14.3 Å². The lowest BCUT2D eigenvalue weighted by Crippen LogP contribution is -2.46. The highest BCUT2D eigenvalue weighted by molar-refractivity contribution is 5.77. The van der Waals surface area contributed by atoms with E-state index >= 15 is 0 Å². The van der Waals surface area contributed by atoms with Gasteiger partial charge in [-0.3, -0.25) is 9.59 Å². The monoisotopic (exact) mass is 868 g/mol. The molecule has 0 saturated carbocycles. The summed E-state index contributed by atoms with van der Waals surface area (Å²) in [6, 6.07) is -0.715. The summed E-state index contributed by atoms with van der Waals surface area (Å²) in [6.07, 6.45) is 61.3. The smallest absolute Gasteiger partial charge is 0.306 e. The second kappa shape index (κ2) is 49.6. The number of amides is 1. The van der Waals surface area contributed by atoms with Crippen LogP contribution < -0.4 is 5.32 Å². The fraction of sp³-hybridized carbons (Fsp3) is 0.786. The molecule has 6 heteroatoms. The molecule has 0 aromatic heterocycles. The standard InChI is InChI=1S/C56H101NO5/c1-4-7-10-13-16-19-22-24-26-28-30-32-34-37-40-43-46-49-56(61)62-52(47-44-41-38-35-33-31-29-27-25-23-20-17-14-11-8-5-2)50-55(60)57-53(51-58)54(59)48-45-42-39-36-21-18-15-12-9-6-3/h16,19,23-27,29,31,33,52-54,58-59H,4-15,17-18,20-22,28,30,32,34-51H2,1-3H3,(H,57,60)/b19-16-,25-23+,26-24-,29-27+,33-31+. The Morgan fingerprint density at radius 2 is 0.887 bits per heavy atom. The summed E-state index contributed by atoms with van der Waals surface area (Å²) in [4.78, 5) is 26.2. The van der Waals surface area contributed by atoms with E-state index < -0.39 is 18.2 Å². The van der Waals surface area contributed by atoms with Crippen LogP contribution in [0.15, 0.2) is 60.8 Å². The molecule has 0 aromatic carbocycles. The summed E-state index contributed by atoms with van der Waals surface area (Å²) in [5.41, 5.74) is 0. The van der Waals surface area contributed by atoms with Crippen LogP contribution in [0.2, 0.25) is 0 Å². The van der Waals surface area contributed by atoms with E-state index in [0.717, 1.165) is 83.5 Å². The van der Waals surface area contributed by atoms with E-state index in [9.17, 15) is 19.8 Å². The van der Waals surface area contributed by atoms with E-state index in [1.54, 1.807) is 0 Å². The molecular formula is C56H101NO5. The highest BCUT2D eigenvalue weighted by Gasteiger charge is 2.24. The molecule has 0 heterocycles. The Morgan fingerprint density at radius 3 is 1.40 bits per heavy atom. The van der Waals surface area contributed by atoms with Crippen LogP contribution >= 0.6 is 0 Å². The largest absolute Gasteiger partial charge is 0.462 e. The number of unbranched alkanes of at least 4 members (excludes halogenated alkanes) is 27. The zero-order chi connectivity index (χ0) is 45.2. The molecule has 0 spiro atoms. The predicted octanol–water partition coefficient (Wildman–Crippen LogP) is 16.0. The third-order valence-electron chi connectivity index (χ3n) is 11.9. The number of aliphatic hydroxyl groups excluding tert-OH is 2. The van der Waals surface area contributed by atoms with Crippen LogP contribution in [-0.4, -0.2) is 46.9 Å². The Morgan fingerprint density at radius 1 is 0.484 bits per heavy atom. The molecule has 0 radical (unpaired) electrons. The van der Waals surface area contributed by atoms with Crippen molar-refractivity contribution in [2.24, 2.45) is 0 Å². The molecule has 0 rings (SSSR count). The van der Waals surface area contributed by atoms with Gasteiger partial charge in [-0.25, -0.2) is 0 Å². The first kappa shape index (κ1) is 59.6. The normalized spacial score (nSPS) is 13.7. The van der Waals surface area contributed by atoms with Crippen molar-refractivity contribution >= 4 is 11.9 Å². The Labute approximate surface area is 384 Å². The van der Waals surface area contributed by atoms with Gasteiger partial charge >= 0.3 is 5.97 Å². The van der Waals surface area contributed by atoms with Crippen LogP contribution in [0.5, 0.6) is 0 Å². The molecule has 0 aromatic rings. The van der Waals surface area contributed by atoms with Gasteiger partial charge in [0, 0.05) is 6.42 Å². The minimum absolute atomic E-state index is 0.0507. The molecule has 0 bridgehead atoms. The van der Waals surface area contributed by atoms with Crippen LogP contribution in [0.4, 0.5) is 0 Å². The summed E-state index contributed by atoms with van der Waals surface area (Å²) in [5.74, 6) is -0.514. The van der Waals surface area contributed by atoms with Gasteiger partial charge in [0.05, 0.1) is 25.2 Å². The second-order valence-electron chi connectivity index (χ2n) is 18.0. The SMILES string of the molecule is CCCCC/C=C\C/C=C\CCCCCCCCCC(=O)OC(CCCCC/C=C/C=C/C=C/CCCCCCC)CC(=O)NC(CO)C(O)CCCCCCCCCCCC. The number of carbonyl (C=O) groups is 2. The van der Waals surface area contributed by atoms with Gasteiger partial charge in [-0.15, -0.1) is 0 Å². The molecular weight excluding hydrogens is 767 g/mol. The van der Waals surface area contributed by atoms with Gasteiger partial charge in [0.15, 0.2) is 0 Å². The third kappa shape index (κ3) is 44.2. The minimum atomic E-state index is -0.799. The Hall–Kier alpha value is -2.44. The summed E-state index contributed by atoms with van der Waals surface area (Å²) in [6.45, 7) is 6.42. The van der Waals surface area contributed by atoms with E-state index in [1.165, 1.54) is 128 Å². The minimum Gasteiger partial charge on any atom is -0.462 e. The number of aliphatic hydroxyl groups is 2. The van der Waals surface area contributed by atoms with Crippen molar-refractivity contribution in [3.05, 3.63) is 60.8 Å². The van der Waals surface area contributed by atoms with E-state index in [2.05, 4.69) is 86.8 Å². The summed E-state index contributed by atoms with van der Waals surface area (Å²) in [5, 5.41) is 23.7. The first-order valence-corrected chi connectivity index (χ1v) is 26.5. The van der Waals surface area contributed by atoms with Crippen molar-refractivity contribution in [1.82, 2.24) is 5.32 Å². The van der Waals surface area contributed by atoms with Crippen molar-refractivity contribution in [2.75, 3.05) is 6.61 Å². The van der Waals surface area contributed by atoms with Crippen molar-refractivity contribution in [3.63, 3.8) is 0 Å². The highest BCUT2D eigenvalue weighted by Crippen LogP contribution is 2.17. The van der Waals surface area contributed by atoms with Crippen LogP contribution in [0, 0.1) is 0 Å². The quantitative estimate of drug-likeness (QED) is 0.0245. The van der Waals surface area contributed by atoms with Gasteiger partial charge in [0.25, 0.3) is 0 Å². The Bertz CT molecular complexity index is 1110. The molecule has 0 aliphatic heterocycles. The van der Waals surface area contributed by atoms with Crippen LogP contribution in [0.3, 0.4) is 0 Å². The van der Waals surface area contributed by atoms with E-state index in [4.69, 9.17) is 4.74 Å². The molecule has 0 aliphatic rings. The fourth-order valence-corrected chi connectivity index (χ4v) is 7.81. The van der Waals surface area contributed by atoms with E-state index in [0.29, 0.717) is 19.3 Å². The van der Waals surface area contributed by atoms with Gasteiger partial charge < -0.3 is 20.3 Å². The molecule has 3 N–H and O–H groups in total. The number of esters is 1. The third-order valence-corrected chi connectivity index (χ3v) is 11.9. The molecule has 0 aliphatic carbocycles. The molecule has 1 amide bonds. The lowest BCUT2D eigenvalue weighted by molar-refractivity contribution is -0.151. The van der Waals surface area contributed by atoms with Gasteiger partial charge in [-0.2, -0.15) is 0 Å². The highest BCUT2D eigenvalue weighted by atomic mass is 16.5. The molecule has 3 atom stereocenters. The van der Waals surface area contributed by atoms with Crippen molar-refractivity contribution in [1.29, 1.82) is 0 Å². The number of allylic oxidation sites excluding steroid dienone is 10. The van der Waals surface area contributed by atoms with Crippen molar-refractivity contribution < 1.29 is 24.5 Å². The summed E-state index contributed by atoms with van der Waals surface area (Å²) < 4.78 is 5.92.